The molecule has 1 amide bonds. The zero-order valence-corrected chi connectivity index (χ0v) is 14.0. The highest BCUT2D eigenvalue weighted by atomic mass is 16.5. The van der Waals surface area contributed by atoms with Crippen LogP contribution in [0.1, 0.15) is 33.5 Å². The first-order chi connectivity index (χ1) is 10.5. The van der Waals surface area contributed by atoms with Crippen molar-refractivity contribution in [3.05, 3.63) is 28.3 Å². The average molecular weight is 305 g/mol. The number of nitrogens with one attached hydrogen (secondary N) is 2. The molecule has 1 aliphatic rings. The Morgan fingerprint density at radius 1 is 1.41 bits per heavy atom. The molecule has 0 aliphatic carbocycles. The predicted molar refractivity (Wildman–Crippen MR) is 89.2 cm³/mol. The number of hydrogen-bond acceptors (Lipinski definition) is 4. The van der Waals surface area contributed by atoms with Crippen molar-refractivity contribution in [3.63, 3.8) is 0 Å². The van der Waals surface area contributed by atoms with Crippen LogP contribution < -0.4 is 16.4 Å². The zero-order chi connectivity index (χ0) is 16.3. The first-order valence-corrected chi connectivity index (χ1v) is 7.83. The molecule has 5 heteroatoms. The number of nitrogen functional groups attached to an aromatic ring is 1. The van der Waals surface area contributed by atoms with Gasteiger partial charge in [0.25, 0.3) is 5.91 Å². The van der Waals surface area contributed by atoms with Gasteiger partial charge in [-0.05, 0) is 56.5 Å². The summed E-state index contributed by atoms with van der Waals surface area (Å²) in [5, 5.41) is 6.37. The van der Waals surface area contributed by atoms with Crippen LogP contribution in [0.4, 0.5) is 5.69 Å². The molecule has 0 radical (unpaired) electrons. The zero-order valence-electron chi connectivity index (χ0n) is 14.0. The average Bonchev–Trinajstić information content (AvgIpc) is 2.54. The number of carbonyl (C=O) groups is 1. The largest absolute Gasteiger partial charge is 0.398 e. The van der Waals surface area contributed by atoms with Gasteiger partial charge in [-0.1, -0.05) is 0 Å². The molecule has 4 N–H and O–H groups in total. The van der Waals surface area contributed by atoms with Crippen molar-refractivity contribution in [2.75, 3.05) is 32.5 Å². The van der Waals surface area contributed by atoms with Crippen molar-refractivity contribution in [2.24, 2.45) is 5.92 Å². The molecule has 0 aromatic heterocycles. The third kappa shape index (κ3) is 3.42. The van der Waals surface area contributed by atoms with Gasteiger partial charge in [0, 0.05) is 37.4 Å². The Bertz CT molecular complexity index is 557. The van der Waals surface area contributed by atoms with Crippen LogP contribution in [0.3, 0.4) is 0 Å². The van der Waals surface area contributed by atoms with Crippen molar-refractivity contribution >= 4 is 11.6 Å². The minimum atomic E-state index is -0.0305. The Morgan fingerprint density at radius 2 is 2.14 bits per heavy atom. The van der Waals surface area contributed by atoms with E-state index in [0.29, 0.717) is 18.0 Å². The standard InChI is InChI=1S/C17H27N3O2/c1-10-7-14(11(2)12(3)16(10)18)17(21)20-8-13-5-6-19-9-15(13)22-4/h7,13,15,19H,5-6,8-9,18H2,1-4H3,(H,20,21). The highest BCUT2D eigenvalue weighted by molar-refractivity contribution is 5.97. The molecule has 0 saturated carbocycles. The van der Waals surface area contributed by atoms with Gasteiger partial charge in [0.05, 0.1) is 6.10 Å². The van der Waals surface area contributed by atoms with Crippen LogP contribution in [0.2, 0.25) is 0 Å². The Kier molecular flexibility index (Phi) is 5.42. The van der Waals surface area contributed by atoms with Crippen LogP contribution in [0.25, 0.3) is 0 Å². The van der Waals surface area contributed by atoms with Crippen molar-refractivity contribution in [2.45, 2.75) is 33.3 Å². The van der Waals surface area contributed by atoms with E-state index < -0.39 is 0 Å². The van der Waals surface area contributed by atoms with Crippen molar-refractivity contribution < 1.29 is 9.53 Å². The molecular weight excluding hydrogens is 278 g/mol. The summed E-state index contributed by atoms with van der Waals surface area (Å²) in [4.78, 5) is 12.5. The summed E-state index contributed by atoms with van der Waals surface area (Å²) >= 11 is 0. The molecule has 1 aromatic rings. The number of nitrogens with two attached hydrogens (primary N) is 1. The third-order valence-corrected chi connectivity index (χ3v) is 4.79. The Labute approximate surface area is 132 Å². The number of anilines is 1. The van der Waals surface area contributed by atoms with Gasteiger partial charge in [0.15, 0.2) is 0 Å². The fraction of sp³-hybridized carbons (Fsp3) is 0.588. The summed E-state index contributed by atoms with van der Waals surface area (Å²) < 4.78 is 5.49. The molecule has 0 spiro atoms. The van der Waals surface area contributed by atoms with Gasteiger partial charge in [0.2, 0.25) is 0 Å². The molecule has 1 heterocycles. The molecule has 122 valence electrons. The highest BCUT2D eigenvalue weighted by Crippen LogP contribution is 2.24. The van der Waals surface area contributed by atoms with Crippen LogP contribution >= 0.6 is 0 Å². The molecule has 2 rings (SSSR count). The second-order valence-corrected chi connectivity index (χ2v) is 6.14. The number of carbonyl (C=O) groups excluding carboxylic acids is 1. The van der Waals surface area contributed by atoms with Crippen molar-refractivity contribution in [1.82, 2.24) is 10.6 Å². The van der Waals surface area contributed by atoms with Gasteiger partial charge in [-0.3, -0.25) is 4.79 Å². The SMILES string of the molecule is COC1CNCCC1CNC(=O)c1cc(C)c(N)c(C)c1C. The van der Waals surface area contributed by atoms with Crippen molar-refractivity contribution in [3.8, 4) is 0 Å². The van der Waals surface area contributed by atoms with E-state index in [1.807, 2.05) is 26.8 Å². The topological polar surface area (TPSA) is 76.4 Å². The van der Waals surface area contributed by atoms with E-state index in [0.717, 1.165) is 41.9 Å². The van der Waals surface area contributed by atoms with Gasteiger partial charge in [-0.15, -0.1) is 0 Å². The van der Waals surface area contributed by atoms with Crippen LogP contribution in [0, 0.1) is 26.7 Å². The summed E-state index contributed by atoms with van der Waals surface area (Å²) in [5.74, 6) is 0.323. The first-order valence-electron chi connectivity index (χ1n) is 7.83. The van der Waals surface area contributed by atoms with Crippen molar-refractivity contribution in [1.29, 1.82) is 0 Å². The van der Waals surface area contributed by atoms with Crippen LogP contribution in [-0.2, 0) is 4.74 Å². The summed E-state index contributed by atoms with van der Waals surface area (Å²) in [7, 11) is 1.73. The maximum absolute atomic E-state index is 12.5. The Hall–Kier alpha value is -1.59. The lowest BCUT2D eigenvalue weighted by Gasteiger charge is -2.31. The molecular formula is C17H27N3O2. The number of aryl methyl sites for hydroxylation is 1. The quantitative estimate of drug-likeness (QED) is 0.738. The number of benzene rings is 1. The monoisotopic (exact) mass is 305 g/mol. The number of methoxy groups -OCH3 is 1. The lowest BCUT2D eigenvalue weighted by molar-refractivity contribution is 0.0338. The smallest absolute Gasteiger partial charge is 0.251 e. The molecule has 1 aromatic carbocycles. The normalized spacial score (nSPS) is 21.6. The molecule has 1 aliphatic heterocycles. The van der Waals surface area contributed by atoms with E-state index in [4.69, 9.17) is 10.5 Å². The molecule has 5 nitrogen and oxygen atoms in total. The lowest BCUT2D eigenvalue weighted by atomic mass is 9.94. The third-order valence-electron chi connectivity index (χ3n) is 4.79. The number of ether oxygens (including phenoxy) is 1. The first kappa shape index (κ1) is 16.8. The molecule has 2 atom stereocenters. The van der Waals surface area contributed by atoms with Gasteiger partial charge >= 0.3 is 0 Å². The van der Waals surface area contributed by atoms with Gasteiger partial charge in [-0.25, -0.2) is 0 Å². The van der Waals surface area contributed by atoms with Gasteiger partial charge < -0.3 is 21.1 Å². The lowest BCUT2D eigenvalue weighted by Crippen LogP contribution is -2.46. The Balaban J connectivity index is 2.06. The molecule has 2 unspecified atom stereocenters. The Morgan fingerprint density at radius 3 is 2.82 bits per heavy atom. The minimum absolute atomic E-state index is 0.0305. The summed E-state index contributed by atoms with van der Waals surface area (Å²) in [6.07, 6.45) is 1.17. The van der Waals surface area contributed by atoms with Crippen LogP contribution in [0.15, 0.2) is 6.07 Å². The molecule has 22 heavy (non-hydrogen) atoms. The van der Waals surface area contributed by atoms with Crippen LogP contribution in [0.5, 0.6) is 0 Å². The highest BCUT2D eigenvalue weighted by Gasteiger charge is 2.25. The summed E-state index contributed by atoms with van der Waals surface area (Å²) in [6, 6.07) is 1.88. The molecule has 1 fully saturated rings. The van der Waals surface area contributed by atoms with E-state index >= 15 is 0 Å². The fourth-order valence-electron chi connectivity index (χ4n) is 3.05. The van der Waals surface area contributed by atoms with E-state index in [9.17, 15) is 4.79 Å². The second kappa shape index (κ2) is 7.11. The van der Waals surface area contributed by atoms with E-state index in [1.54, 1.807) is 7.11 Å². The van der Waals surface area contributed by atoms with E-state index in [2.05, 4.69) is 10.6 Å². The van der Waals surface area contributed by atoms with E-state index in [1.165, 1.54) is 0 Å². The maximum Gasteiger partial charge on any atom is 0.251 e. The molecule has 1 saturated heterocycles. The number of rotatable bonds is 4. The van der Waals surface area contributed by atoms with Gasteiger partial charge in [0.1, 0.15) is 0 Å². The number of amides is 1. The maximum atomic E-state index is 12.5. The van der Waals surface area contributed by atoms with Gasteiger partial charge in [-0.2, -0.15) is 0 Å². The minimum Gasteiger partial charge on any atom is -0.398 e. The number of piperidine rings is 1. The van der Waals surface area contributed by atoms with Crippen LogP contribution in [-0.4, -0.2) is 38.8 Å². The summed E-state index contributed by atoms with van der Waals surface area (Å²) in [5.41, 5.74) is 10.4. The molecule has 0 bridgehead atoms. The number of hydrogen-bond donors (Lipinski definition) is 3. The second-order valence-electron chi connectivity index (χ2n) is 6.14. The van der Waals surface area contributed by atoms with E-state index in [-0.39, 0.29) is 12.0 Å². The summed E-state index contributed by atoms with van der Waals surface area (Å²) in [6.45, 7) is 8.30. The fourth-order valence-corrected chi connectivity index (χ4v) is 3.05. The predicted octanol–water partition coefficient (Wildman–Crippen LogP) is 1.55.